The van der Waals surface area contributed by atoms with E-state index in [2.05, 4.69) is 12.2 Å². The Morgan fingerprint density at radius 2 is 1.90 bits per heavy atom. The minimum atomic E-state index is -4.41. The fourth-order valence-electron chi connectivity index (χ4n) is 2.98. The molecule has 1 aromatic rings. The van der Waals surface area contributed by atoms with Gasteiger partial charge >= 0.3 is 6.18 Å². The number of hydrogen-bond acceptors (Lipinski definition) is 2. The molecule has 1 aromatic carbocycles. The van der Waals surface area contributed by atoms with Gasteiger partial charge in [0.05, 0.1) is 5.56 Å². The average Bonchev–Trinajstić information content (AvgIpc) is 2.86. The highest BCUT2D eigenvalue weighted by Gasteiger charge is 2.34. The van der Waals surface area contributed by atoms with E-state index in [1.807, 2.05) is 0 Å². The Kier molecular flexibility index (Phi) is 4.16. The summed E-state index contributed by atoms with van der Waals surface area (Å²) in [6.07, 6.45) is 1.38. The first-order chi connectivity index (χ1) is 9.36. The van der Waals surface area contributed by atoms with Crippen LogP contribution in [0.25, 0.3) is 0 Å². The first kappa shape index (κ1) is 15.0. The highest BCUT2D eigenvalue weighted by atomic mass is 19.4. The van der Waals surface area contributed by atoms with Gasteiger partial charge in [0.25, 0.3) is 0 Å². The smallest absolute Gasteiger partial charge is 0.398 e. The van der Waals surface area contributed by atoms with E-state index in [0.29, 0.717) is 5.69 Å². The van der Waals surface area contributed by atoms with E-state index >= 15 is 0 Å². The summed E-state index contributed by atoms with van der Waals surface area (Å²) in [5.74, 6) is 0. The molecule has 2 nitrogen and oxygen atoms in total. The SMILES string of the molecule is CCC1(CNc2ccc(N)c(C(F)(F)F)c2)CCCC1. The maximum Gasteiger partial charge on any atom is 0.418 e. The molecule has 20 heavy (non-hydrogen) atoms. The van der Waals surface area contributed by atoms with Crippen LogP contribution in [-0.4, -0.2) is 6.54 Å². The molecule has 1 aliphatic rings. The van der Waals surface area contributed by atoms with Crippen molar-refractivity contribution in [3.8, 4) is 0 Å². The van der Waals surface area contributed by atoms with Gasteiger partial charge in [-0.15, -0.1) is 0 Å². The Morgan fingerprint density at radius 3 is 2.45 bits per heavy atom. The van der Waals surface area contributed by atoms with Crippen molar-refractivity contribution in [1.29, 1.82) is 0 Å². The molecule has 0 radical (unpaired) electrons. The molecular formula is C15H21F3N2. The van der Waals surface area contributed by atoms with Crippen molar-refractivity contribution in [3.63, 3.8) is 0 Å². The van der Waals surface area contributed by atoms with Crippen molar-refractivity contribution in [3.05, 3.63) is 23.8 Å². The lowest BCUT2D eigenvalue weighted by Gasteiger charge is -2.28. The van der Waals surface area contributed by atoms with E-state index in [1.54, 1.807) is 6.07 Å². The van der Waals surface area contributed by atoms with E-state index < -0.39 is 11.7 Å². The molecule has 3 N–H and O–H groups in total. The summed E-state index contributed by atoms with van der Waals surface area (Å²) in [5, 5.41) is 3.16. The van der Waals surface area contributed by atoms with Gasteiger partial charge in [-0.05, 0) is 42.9 Å². The van der Waals surface area contributed by atoms with Crippen LogP contribution < -0.4 is 11.1 Å². The van der Waals surface area contributed by atoms with E-state index in [0.717, 1.165) is 31.9 Å². The molecule has 0 saturated heterocycles. The second-order valence-electron chi connectivity index (χ2n) is 5.71. The molecule has 0 unspecified atom stereocenters. The van der Waals surface area contributed by atoms with Crippen LogP contribution in [0.2, 0.25) is 0 Å². The predicted octanol–water partition coefficient (Wildman–Crippen LogP) is 4.67. The zero-order chi connectivity index (χ0) is 14.8. The van der Waals surface area contributed by atoms with Gasteiger partial charge < -0.3 is 11.1 Å². The summed E-state index contributed by atoms with van der Waals surface area (Å²) in [6, 6.07) is 4.04. The van der Waals surface area contributed by atoms with E-state index in [4.69, 9.17) is 5.73 Å². The predicted molar refractivity (Wildman–Crippen MR) is 75.5 cm³/mol. The third-order valence-electron chi connectivity index (χ3n) is 4.44. The average molecular weight is 286 g/mol. The molecule has 0 amide bonds. The summed E-state index contributed by atoms with van der Waals surface area (Å²) in [7, 11) is 0. The van der Waals surface area contributed by atoms with E-state index in [1.165, 1.54) is 18.9 Å². The molecule has 112 valence electrons. The number of rotatable bonds is 4. The molecule has 0 aromatic heterocycles. The van der Waals surface area contributed by atoms with Gasteiger partial charge in [0.2, 0.25) is 0 Å². The second-order valence-corrected chi connectivity index (χ2v) is 5.71. The lowest BCUT2D eigenvalue weighted by Crippen LogP contribution is -2.26. The Hall–Kier alpha value is -1.39. The molecule has 1 fully saturated rings. The van der Waals surface area contributed by atoms with Crippen molar-refractivity contribution >= 4 is 11.4 Å². The second kappa shape index (κ2) is 5.54. The quantitative estimate of drug-likeness (QED) is 0.789. The van der Waals surface area contributed by atoms with Gasteiger partial charge in [-0.3, -0.25) is 0 Å². The molecule has 1 saturated carbocycles. The number of alkyl halides is 3. The number of nitrogens with one attached hydrogen (secondary N) is 1. The maximum absolute atomic E-state index is 12.8. The number of benzene rings is 1. The van der Waals surface area contributed by atoms with Gasteiger partial charge in [0.1, 0.15) is 0 Å². The minimum Gasteiger partial charge on any atom is -0.398 e. The van der Waals surface area contributed by atoms with Gasteiger partial charge in [-0.25, -0.2) is 0 Å². The van der Waals surface area contributed by atoms with Crippen LogP contribution in [0.4, 0.5) is 24.5 Å². The fourth-order valence-corrected chi connectivity index (χ4v) is 2.98. The zero-order valence-electron chi connectivity index (χ0n) is 11.7. The Balaban J connectivity index is 2.10. The zero-order valence-corrected chi connectivity index (χ0v) is 11.7. The van der Waals surface area contributed by atoms with Gasteiger partial charge in [-0.2, -0.15) is 13.2 Å². The highest BCUT2D eigenvalue weighted by Crippen LogP contribution is 2.41. The normalized spacial score (nSPS) is 18.2. The van der Waals surface area contributed by atoms with Crippen molar-refractivity contribution in [2.24, 2.45) is 5.41 Å². The molecule has 0 atom stereocenters. The Labute approximate surface area is 117 Å². The number of nitrogen functional groups attached to an aromatic ring is 1. The Morgan fingerprint density at radius 1 is 1.25 bits per heavy atom. The van der Waals surface area contributed by atoms with Gasteiger partial charge in [0, 0.05) is 17.9 Å². The Bertz CT molecular complexity index is 463. The number of anilines is 2. The third-order valence-corrected chi connectivity index (χ3v) is 4.44. The topological polar surface area (TPSA) is 38.0 Å². The first-order valence-electron chi connectivity index (χ1n) is 7.07. The largest absolute Gasteiger partial charge is 0.418 e. The standard InChI is InChI=1S/C15H21F3N2/c1-2-14(7-3-4-8-14)10-20-11-5-6-13(19)12(9-11)15(16,17)18/h5-6,9,20H,2-4,7-8,10,19H2,1H3. The number of halogens is 3. The highest BCUT2D eigenvalue weighted by molar-refractivity contribution is 5.58. The number of nitrogens with two attached hydrogens (primary N) is 1. The summed E-state index contributed by atoms with van der Waals surface area (Å²) in [6.45, 7) is 2.88. The summed E-state index contributed by atoms with van der Waals surface area (Å²) in [4.78, 5) is 0. The van der Waals surface area contributed by atoms with Crippen molar-refractivity contribution in [2.75, 3.05) is 17.6 Å². The molecule has 0 heterocycles. The fraction of sp³-hybridized carbons (Fsp3) is 0.600. The van der Waals surface area contributed by atoms with E-state index in [-0.39, 0.29) is 11.1 Å². The van der Waals surface area contributed by atoms with Crippen LogP contribution in [0.15, 0.2) is 18.2 Å². The molecule has 1 aliphatic carbocycles. The molecule has 2 rings (SSSR count). The molecule has 0 bridgehead atoms. The van der Waals surface area contributed by atoms with Crippen LogP contribution in [0, 0.1) is 5.41 Å². The summed E-state index contributed by atoms with van der Waals surface area (Å²) >= 11 is 0. The third kappa shape index (κ3) is 3.19. The lowest BCUT2D eigenvalue weighted by atomic mass is 9.83. The van der Waals surface area contributed by atoms with Crippen molar-refractivity contribution < 1.29 is 13.2 Å². The van der Waals surface area contributed by atoms with Crippen LogP contribution in [0.5, 0.6) is 0 Å². The van der Waals surface area contributed by atoms with Crippen LogP contribution in [-0.2, 0) is 6.18 Å². The summed E-state index contributed by atoms with van der Waals surface area (Å²) in [5.41, 5.74) is 5.13. The van der Waals surface area contributed by atoms with Crippen molar-refractivity contribution in [1.82, 2.24) is 0 Å². The summed E-state index contributed by atoms with van der Waals surface area (Å²) < 4.78 is 38.4. The van der Waals surface area contributed by atoms with Gasteiger partial charge in [0.15, 0.2) is 0 Å². The van der Waals surface area contributed by atoms with Gasteiger partial charge in [-0.1, -0.05) is 19.8 Å². The monoisotopic (exact) mass is 286 g/mol. The molecule has 5 heteroatoms. The number of hydrogen-bond donors (Lipinski definition) is 2. The van der Waals surface area contributed by atoms with Crippen molar-refractivity contribution in [2.45, 2.75) is 45.2 Å². The minimum absolute atomic E-state index is 0.228. The maximum atomic E-state index is 12.8. The van der Waals surface area contributed by atoms with E-state index in [9.17, 15) is 13.2 Å². The molecule has 0 spiro atoms. The van der Waals surface area contributed by atoms with Crippen LogP contribution in [0.1, 0.15) is 44.6 Å². The molecule has 0 aliphatic heterocycles. The molecular weight excluding hydrogens is 265 g/mol. The van der Waals surface area contributed by atoms with Crippen LogP contribution >= 0.6 is 0 Å². The first-order valence-corrected chi connectivity index (χ1v) is 7.07. The lowest BCUT2D eigenvalue weighted by molar-refractivity contribution is -0.136. The van der Waals surface area contributed by atoms with Crippen LogP contribution in [0.3, 0.4) is 0 Å².